The van der Waals surface area contributed by atoms with Crippen molar-refractivity contribution in [2.24, 2.45) is 0 Å². The van der Waals surface area contributed by atoms with Crippen LogP contribution in [0.3, 0.4) is 0 Å². The first-order valence-corrected chi connectivity index (χ1v) is 15.5. The minimum absolute atomic E-state index is 0.242. The SMILES string of the molecule is CCC(F)(F)c1ccc(CNC(=O)[C@H]2CN(C(=O)Nc3ccnc(C(F)(F)F)c3)CCN2S(=O)(=O)c2ccc(OC(F)(F)F)cc2)cc1. The molecule has 1 aliphatic heterocycles. The second kappa shape index (κ2) is 13.9. The summed E-state index contributed by atoms with van der Waals surface area (Å²) in [5.41, 5.74) is -1.45. The smallest absolute Gasteiger partial charge is 0.406 e. The summed E-state index contributed by atoms with van der Waals surface area (Å²) in [6.07, 6.45) is -9.47. The molecule has 48 heavy (non-hydrogen) atoms. The number of rotatable bonds is 9. The molecule has 0 saturated carbocycles. The van der Waals surface area contributed by atoms with E-state index in [4.69, 9.17) is 0 Å². The lowest BCUT2D eigenvalue weighted by Gasteiger charge is -2.39. The lowest BCUT2D eigenvalue weighted by atomic mass is 10.0. The number of anilines is 1. The Morgan fingerprint density at radius 1 is 0.938 bits per heavy atom. The number of carbonyl (C=O) groups excluding carboxylic acids is 2. The van der Waals surface area contributed by atoms with Crippen molar-refractivity contribution in [1.29, 1.82) is 0 Å². The van der Waals surface area contributed by atoms with Crippen LogP contribution in [0.25, 0.3) is 0 Å². The molecule has 2 N–H and O–H groups in total. The number of benzene rings is 2. The van der Waals surface area contributed by atoms with Gasteiger partial charge in [-0.1, -0.05) is 31.2 Å². The zero-order valence-corrected chi connectivity index (χ0v) is 25.6. The highest BCUT2D eigenvalue weighted by Gasteiger charge is 2.42. The molecule has 2 heterocycles. The maximum absolute atomic E-state index is 14.0. The Bertz CT molecular complexity index is 1720. The minimum atomic E-state index is -5.04. The zero-order chi connectivity index (χ0) is 35.5. The molecule has 260 valence electrons. The molecule has 0 radical (unpaired) electrons. The number of halogens is 8. The fourth-order valence-electron chi connectivity index (χ4n) is 4.64. The number of nitrogens with zero attached hydrogens (tertiary/aromatic N) is 3. The van der Waals surface area contributed by atoms with E-state index >= 15 is 0 Å². The molecule has 3 amide bonds. The van der Waals surface area contributed by atoms with E-state index in [1.807, 2.05) is 0 Å². The van der Waals surface area contributed by atoms with Crippen LogP contribution in [-0.4, -0.2) is 66.6 Å². The van der Waals surface area contributed by atoms with Crippen molar-refractivity contribution in [1.82, 2.24) is 19.5 Å². The van der Waals surface area contributed by atoms with E-state index in [2.05, 4.69) is 20.4 Å². The monoisotopic (exact) mass is 709 g/mol. The van der Waals surface area contributed by atoms with E-state index in [0.29, 0.717) is 11.6 Å². The molecule has 1 aliphatic rings. The topological polar surface area (TPSA) is 121 Å². The van der Waals surface area contributed by atoms with Gasteiger partial charge in [0.2, 0.25) is 15.9 Å². The number of hydrogen-bond donors (Lipinski definition) is 2. The van der Waals surface area contributed by atoms with Crippen LogP contribution in [0.15, 0.2) is 71.8 Å². The van der Waals surface area contributed by atoms with Gasteiger partial charge in [0, 0.05) is 50.0 Å². The molecule has 0 spiro atoms. The summed E-state index contributed by atoms with van der Waals surface area (Å²) in [5.74, 6) is -4.71. The predicted octanol–water partition coefficient (Wildman–Crippen LogP) is 5.72. The summed E-state index contributed by atoms with van der Waals surface area (Å²) in [4.78, 5) is 30.2. The average Bonchev–Trinajstić information content (AvgIpc) is 3.02. The summed E-state index contributed by atoms with van der Waals surface area (Å²) in [7, 11) is -4.59. The largest absolute Gasteiger partial charge is 0.573 e. The van der Waals surface area contributed by atoms with Gasteiger partial charge in [0.15, 0.2) is 0 Å². The Labute approximate surface area is 268 Å². The number of nitrogens with one attached hydrogen (secondary N) is 2. The molecule has 19 heteroatoms. The molecule has 4 rings (SSSR count). The van der Waals surface area contributed by atoms with Crippen LogP contribution in [0.2, 0.25) is 0 Å². The van der Waals surface area contributed by atoms with Gasteiger partial charge in [0.25, 0.3) is 5.92 Å². The summed E-state index contributed by atoms with van der Waals surface area (Å²) < 4.78 is 137. The van der Waals surface area contributed by atoms with Crippen molar-refractivity contribution in [3.63, 3.8) is 0 Å². The van der Waals surface area contributed by atoms with Crippen molar-refractivity contribution in [3.05, 3.63) is 83.7 Å². The Kier molecular flexibility index (Phi) is 10.5. The average molecular weight is 710 g/mol. The normalized spacial score (nSPS) is 16.4. The summed E-state index contributed by atoms with van der Waals surface area (Å²) in [6.45, 7) is -0.365. The highest BCUT2D eigenvalue weighted by Crippen LogP contribution is 2.32. The number of alkyl halides is 8. The number of carbonyl (C=O) groups is 2. The first-order valence-electron chi connectivity index (χ1n) is 14.0. The molecule has 2 aromatic carbocycles. The number of ether oxygens (including phenoxy) is 1. The molecule has 10 nitrogen and oxygen atoms in total. The summed E-state index contributed by atoms with van der Waals surface area (Å²) >= 11 is 0. The fraction of sp³-hybridized carbons (Fsp3) is 0.345. The number of sulfonamides is 1. The van der Waals surface area contributed by atoms with E-state index < -0.39 is 82.3 Å². The Hall–Kier alpha value is -4.52. The minimum Gasteiger partial charge on any atom is -0.406 e. The maximum atomic E-state index is 14.0. The Morgan fingerprint density at radius 3 is 2.17 bits per heavy atom. The van der Waals surface area contributed by atoms with Gasteiger partial charge in [-0.25, -0.2) is 22.0 Å². The highest BCUT2D eigenvalue weighted by molar-refractivity contribution is 7.89. The molecule has 1 fully saturated rings. The standard InChI is InChI=1S/C29H27F8N5O5S/c1-2-27(30,31)19-5-3-18(4-6-19)16-39-25(43)23-17-41(26(44)40-20-11-12-38-24(15-20)28(32,33)34)13-14-42(23)48(45,46)22-9-7-21(8-10-22)47-29(35,36)37/h3-12,15,23H,2,13-14,16-17H2,1H3,(H,39,43)(H,38,40,44)/t23-/m1/s1. The third-order valence-corrected chi connectivity index (χ3v) is 9.10. The van der Waals surface area contributed by atoms with Gasteiger partial charge in [-0.05, 0) is 42.0 Å². The molecule has 1 aromatic heterocycles. The second-order valence-corrected chi connectivity index (χ2v) is 12.3. The van der Waals surface area contributed by atoms with E-state index in [9.17, 15) is 53.1 Å². The number of piperazine rings is 1. The Morgan fingerprint density at radius 2 is 1.58 bits per heavy atom. The van der Waals surface area contributed by atoms with Crippen LogP contribution < -0.4 is 15.4 Å². The number of aromatic nitrogens is 1. The van der Waals surface area contributed by atoms with Crippen LogP contribution in [-0.2, 0) is 33.5 Å². The van der Waals surface area contributed by atoms with Gasteiger partial charge in [-0.3, -0.25) is 9.78 Å². The van der Waals surface area contributed by atoms with Crippen molar-refractivity contribution >= 4 is 27.6 Å². The summed E-state index contributed by atoms with van der Waals surface area (Å²) in [5, 5.41) is 4.75. The predicted molar refractivity (Wildman–Crippen MR) is 153 cm³/mol. The molecule has 1 atom stereocenters. The molecule has 0 bridgehead atoms. The van der Waals surface area contributed by atoms with Crippen molar-refractivity contribution < 1.29 is 57.9 Å². The lowest BCUT2D eigenvalue weighted by molar-refractivity contribution is -0.274. The third kappa shape index (κ3) is 8.88. The van der Waals surface area contributed by atoms with Crippen LogP contribution in [0.5, 0.6) is 5.75 Å². The van der Waals surface area contributed by atoms with E-state index in [1.165, 1.54) is 31.2 Å². The summed E-state index contributed by atoms with van der Waals surface area (Å²) in [6, 6.07) is 7.27. The number of amides is 3. The van der Waals surface area contributed by atoms with Crippen LogP contribution in [0.4, 0.5) is 45.6 Å². The molecular formula is C29H27F8N5O5S. The quantitative estimate of drug-likeness (QED) is 0.274. The van der Waals surface area contributed by atoms with Gasteiger partial charge in [0.05, 0.1) is 4.90 Å². The van der Waals surface area contributed by atoms with Gasteiger partial charge in [0.1, 0.15) is 17.5 Å². The highest BCUT2D eigenvalue weighted by atomic mass is 32.2. The van der Waals surface area contributed by atoms with Gasteiger partial charge in [-0.2, -0.15) is 17.5 Å². The second-order valence-electron chi connectivity index (χ2n) is 10.4. The number of hydrogen-bond acceptors (Lipinski definition) is 6. The first kappa shape index (κ1) is 36.3. The molecule has 3 aromatic rings. The van der Waals surface area contributed by atoms with E-state index in [1.54, 1.807) is 0 Å². The van der Waals surface area contributed by atoms with Crippen LogP contribution in [0, 0.1) is 0 Å². The number of urea groups is 1. The van der Waals surface area contributed by atoms with Crippen LogP contribution >= 0.6 is 0 Å². The van der Waals surface area contributed by atoms with Gasteiger partial charge >= 0.3 is 18.6 Å². The van der Waals surface area contributed by atoms with Crippen LogP contribution in [0.1, 0.15) is 30.2 Å². The molecular weight excluding hydrogens is 682 g/mol. The fourth-order valence-corrected chi connectivity index (χ4v) is 6.21. The van der Waals surface area contributed by atoms with Gasteiger partial charge < -0.3 is 20.3 Å². The van der Waals surface area contributed by atoms with E-state index in [-0.39, 0.29) is 24.3 Å². The number of pyridine rings is 1. The Balaban J connectivity index is 1.56. The first-order chi connectivity index (χ1) is 22.3. The lowest BCUT2D eigenvalue weighted by Crippen LogP contribution is -2.61. The van der Waals surface area contributed by atoms with Crippen molar-refractivity contribution in [2.75, 3.05) is 25.0 Å². The van der Waals surface area contributed by atoms with Crippen molar-refractivity contribution in [3.8, 4) is 5.75 Å². The van der Waals surface area contributed by atoms with Gasteiger partial charge in [-0.15, -0.1) is 13.2 Å². The molecule has 1 saturated heterocycles. The molecule has 0 unspecified atom stereocenters. The zero-order valence-electron chi connectivity index (χ0n) is 24.8. The molecule has 0 aliphatic carbocycles. The van der Waals surface area contributed by atoms with Crippen molar-refractivity contribution in [2.45, 2.75) is 49.3 Å². The maximum Gasteiger partial charge on any atom is 0.573 e. The third-order valence-electron chi connectivity index (χ3n) is 7.17. The van der Waals surface area contributed by atoms with E-state index in [0.717, 1.165) is 45.7 Å².